The normalized spacial score (nSPS) is 11.4. The van der Waals surface area contributed by atoms with Crippen LogP contribution >= 0.6 is 22.9 Å². The minimum atomic E-state index is -3.77. The molecule has 0 aliphatic rings. The van der Waals surface area contributed by atoms with Crippen LogP contribution in [0.15, 0.2) is 53.4 Å². The summed E-state index contributed by atoms with van der Waals surface area (Å²) in [6, 6.07) is 12.9. The van der Waals surface area contributed by atoms with Gasteiger partial charge < -0.3 is 5.32 Å². The molecule has 0 saturated carbocycles. The molecule has 10 heteroatoms. The molecule has 0 atom stereocenters. The summed E-state index contributed by atoms with van der Waals surface area (Å²) in [5, 5.41) is 12.1. The maximum absolute atomic E-state index is 12.5. The molecule has 152 valence electrons. The number of carbonyl (C=O) groups is 1. The van der Waals surface area contributed by atoms with Crippen molar-refractivity contribution in [1.29, 1.82) is 0 Å². The number of benzene rings is 2. The van der Waals surface area contributed by atoms with E-state index in [0.29, 0.717) is 10.6 Å². The first-order chi connectivity index (χ1) is 13.7. The average Bonchev–Trinajstić information content (AvgIpc) is 3.14. The van der Waals surface area contributed by atoms with Crippen molar-refractivity contribution in [1.82, 2.24) is 15.5 Å². The van der Waals surface area contributed by atoms with E-state index in [1.165, 1.54) is 23.5 Å². The molecular formula is C19H19ClN4O3S2. The number of nitrogens with zero attached hydrogens (tertiary/aromatic N) is 2. The van der Waals surface area contributed by atoms with Crippen LogP contribution < -0.4 is 10.0 Å². The molecule has 0 bridgehead atoms. The highest BCUT2D eigenvalue weighted by Gasteiger charge is 2.17. The zero-order chi connectivity index (χ0) is 21.0. The molecule has 0 unspecified atom stereocenters. The van der Waals surface area contributed by atoms with E-state index >= 15 is 0 Å². The number of nitrogens with one attached hydrogen (secondary N) is 2. The lowest BCUT2D eigenvalue weighted by Gasteiger charge is -2.08. The minimum absolute atomic E-state index is 0.101. The Balaban J connectivity index is 1.63. The maximum atomic E-state index is 12.5. The van der Waals surface area contributed by atoms with Gasteiger partial charge in [0, 0.05) is 23.0 Å². The van der Waals surface area contributed by atoms with Gasteiger partial charge in [0.15, 0.2) is 0 Å². The van der Waals surface area contributed by atoms with Crippen LogP contribution in [-0.4, -0.2) is 24.5 Å². The summed E-state index contributed by atoms with van der Waals surface area (Å²) >= 11 is 7.10. The van der Waals surface area contributed by atoms with Crippen LogP contribution in [0.2, 0.25) is 5.02 Å². The number of anilines is 1. The molecule has 1 heterocycles. The number of carbonyl (C=O) groups excluding carboxylic acids is 1. The first kappa shape index (κ1) is 21.2. The molecule has 0 aliphatic carbocycles. The fourth-order valence-electron chi connectivity index (χ4n) is 2.38. The van der Waals surface area contributed by atoms with Gasteiger partial charge >= 0.3 is 0 Å². The van der Waals surface area contributed by atoms with Gasteiger partial charge in [-0.3, -0.25) is 9.52 Å². The molecule has 7 nitrogen and oxygen atoms in total. The van der Waals surface area contributed by atoms with E-state index < -0.39 is 10.0 Å². The van der Waals surface area contributed by atoms with Gasteiger partial charge in [-0.1, -0.05) is 55.0 Å². The lowest BCUT2D eigenvalue weighted by molar-refractivity contribution is 0.0951. The zero-order valence-corrected chi connectivity index (χ0v) is 18.1. The second-order valence-corrected chi connectivity index (χ2v) is 9.67. The van der Waals surface area contributed by atoms with Crippen LogP contribution in [0.25, 0.3) is 0 Å². The van der Waals surface area contributed by atoms with Gasteiger partial charge in [0.2, 0.25) is 5.13 Å². The van der Waals surface area contributed by atoms with E-state index in [1.807, 2.05) is 13.8 Å². The highest BCUT2D eigenvalue weighted by molar-refractivity contribution is 7.93. The van der Waals surface area contributed by atoms with Gasteiger partial charge in [0.1, 0.15) is 5.01 Å². The van der Waals surface area contributed by atoms with Gasteiger partial charge in [-0.2, -0.15) is 0 Å². The molecule has 0 radical (unpaired) electrons. The number of rotatable bonds is 7. The monoisotopic (exact) mass is 450 g/mol. The van der Waals surface area contributed by atoms with Crippen LogP contribution in [0.4, 0.5) is 5.13 Å². The van der Waals surface area contributed by atoms with Crippen molar-refractivity contribution in [2.24, 2.45) is 0 Å². The predicted molar refractivity (Wildman–Crippen MR) is 114 cm³/mol. The fourth-order valence-corrected chi connectivity index (χ4v) is 4.55. The van der Waals surface area contributed by atoms with Gasteiger partial charge in [0.05, 0.1) is 4.90 Å². The Bertz CT molecular complexity index is 1110. The summed E-state index contributed by atoms with van der Waals surface area (Å²) in [5.41, 5.74) is 1.22. The minimum Gasteiger partial charge on any atom is -0.348 e. The Labute approximate surface area is 178 Å². The summed E-state index contributed by atoms with van der Waals surface area (Å²) in [5.74, 6) is -0.0877. The second kappa shape index (κ2) is 8.89. The van der Waals surface area contributed by atoms with Gasteiger partial charge in [-0.15, -0.1) is 10.2 Å². The topological polar surface area (TPSA) is 101 Å². The molecule has 1 aromatic heterocycles. The summed E-state index contributed by atoms with van der Waals surface area (Å²) in [6.45, 7) is 4.18. The van der Waals surface area contributed by atoms with Crippen molar-refractivity contribution in [2.75, 3.05) is 4.72 Å². The smallest absolute Gasteiger partial charge is 0.263 e. The van der Waals surface area contributed by atoms with Crippen molar-refractivity contribution >= 4 is 44.0 Å². The van der Waals surface area contributed by atoms with Crippen LogP contribution in [0.1, 0.15) is 40.7 Å². The standard InChI is InChI=1S/C19H19ClN4O3S2/c1-12(2)18-22-23-19(28-18)24-29(26,27)16-8-6-13(7-9-16)11-21-17(25)14-4-3-5-15(20)10-14/h3-10,12H,11H2,1-2H3,(H,21,25)(H,23,24). The molecule has 2 N–H and O–H groups in total. The Morgan fingerprint density at radius 3 is 2.48 bits per heavy atom. The molecule has 3 rings (SSSR count). The number of hydrogen-bond donors (Lipinski definition) is 2. The van der Waals surface area contributed by atoms with E-state index in [-0.39, 0.29) is 28.4 Å². The lowest BCUT2D eigenvalue weighted by atomic mass is 10.2. The van der Waals surface area contributed by atoms with Crippen LogP contribution in [0.3, 0.4) is 0 Å². The van der Waals surface area contributed by atoms with Crippen molar-refractivity contribution in [3.63, 3.8) is 0 Å². The number of hydrogen-bond acceptors (Lipinski definition) is 6. The quantitative estimate of drug-likeness (QED) is 0.565. The van der Waals surface area contributed by atoms with E-state index in [0.717, 1.165) is 10.6 Å². The highest BCUT2D eigenvalue weighted by Crippen LogP contribution is 2.24. The largest absolute Gasteiger partial charge is 0.348 e. The van der Waals surface area contributed by atoms with Crippen molar-refractivity contribution in [3.05, 3.63) is 69.7 Å². The zero-order valence-electron chi connectivity index (χ0n) is 15.7. The summed E-state index contributed by atoms with van der Waals surface area (Å²) in [7, 11) is -3.77. The number of halogens is 1. The third-order valence-electron chi connectivity index (χ3n) is 3.93. The maximum Gasteiger partial charge on any atom is 0.263 e. The van der Waals surface area contributed by atoms with Crippen molar-refractivity contribution in [3.8, 4) is 0 Å². The SMILES string of the molecule is CC(C)c1nnc(NS(=O)(=O)c2ccc(CNC(=O)c3cccc(Cl)c3)cc2)s1. The van der Waals surface area contributed by atoms with Gasteiger partial charge in [-0.05, 0) is 35.9 Å². The molecular weight excluding hydrogens is 432 g/mol. The van der Waals surface area contributed by atoms with Gasteiger partial charge in [-0.25, -0.2) is 8.42 Å². The molecule has 29 heavy (non-hydrogen) atoms. The fraction of sp³-hybridized carbons (Fsp3) is 0.211. The average molecular weight is 451 g/mol. The Kier molecular flexibility index (Phi) is 6.51. The second-order valence-electron chi connectivity index (χ2n) is 6.54. The van der Waals surface area contributed by atoms with Crippen LogP contribution in [-0.2, 0) is 16.6 Å². The van der Waals surface area contributed by atoms with Crippen LogP contribution in [0.5, 0.6) is 0 Å². The van der Waals surface area contributed by atoms with Crippen molar-refractivity contribution in [2.45, 2.75) is 31.2 Å². The van der Waals surface area contributed by atoms with E-state index in [2.05, 4.69) is 20.2 Å². The molecule has 1 amide bonds. The van der Waals surface area contributed by atoms with Gasteiger partial charge in [0.25, 0.3) is 15.9 Å². The number of amides is 1. The Morgan fingerprint density at radius 1 is 1.14 bits per heavy atom. The third kappa shape index (κ3) is 5.53. The van der Waals surface area contributed by atoms with Crippen molar-refractivity contribution < 1.29 is 13.2 Å². The molecule has 3 aromatic rings. The van der Waals surface area contributed by atoms with E-state index in [9.17, 15) is 13.2 Å². The first-order valence-electron chi connectivity index (χ1n) is 8.73. The summed E-state index contributed by atoms with van der Waals surface area (Å²) in [6.07, 6.45) is 0. The first-order valence-corrected chi connectivity index (χ1v) is 11.4. The van der Waals surface area contributed by atoms with E-state index in [4.69, 9.17) is 11.6 Å². The molecule has 0 spiro atoms. The van der Waals surface area contributed by atoms with Crippen LogP contribution in [0, 0.1) is 0 Å². The summed E-state index contributed by atoms with van der Waals surface area (Å²) in [4.78, 5) is 12.3. The molecule has 0 fully saturated rings. The lowest BCUT2D eigenvalue weighted by Crippen LogP contribution is -2.22. The summed E-state index contributed by atoms with van der Waals surface area (Å²) < 4.78 is 27.5. The number of aromatic nitrogens is 2. The Morgan fingerprint density at radius 2 is 1.86 bits per heavy atom. The Hall–Kier alpha value is -2.49. The molecule has 0 saturated heterocycles. The third-order valence-corrected chi connectivity index (χ3v) is 6.79. The van der Waals surface area contributed by atoms with E-state index in [1.54, 1.807) is 36.4 Å². The number of sulfonamides is 1. The molecule has 2 aromatic carbocycles. The predicted octanol–water partition coefficient (Wildman–Crippen LogP) is 4.05. The molecule has 0 aliphatic heterocycles. The highest BCUT2D eigenvalue weighted by atomic mass is 35.5.